The lowest BCUT2D eigenvalue weighted by Crippen LogP contribution is -2.26. The van der Waals surface area contributed by atoms with Crippen molar-refractivity contribution in [2.45, 2.75) is 32.6 Å². The third kappa shape index (κ3) is 4.07. The highest BCUT2D eigenvalue weighted by Gasteiger charge is 2.18. The summed E-state index contributed by atoms with van der Waals surface area (Å²) in [6, 6.07) is 10.1. The number of oxime groups is 1. The summed E-state index contributed by atoms with van der Waals surface area (Å²) < 4.78 is 0. The van der Waals surface area contributed by atoms with Gasteiger partial charge in [0.1, 0.15) is 18.6 Å². The highest BCUT2D eigenvalue weighted by atomic mass is 16.6. The number of hydrogen-bond donors (Lipinski definition) is 3. The Kier molecular flexibility index (Phi) is 5.81. The fourth-order valence-electron chi connectivity index (χ4n) is 4.15. The Bertz CT molecular complexity index is 1150. The van der Waals surface area contributed by atoms with Gasteiger partial charge in [-0.1, -0.05) is 11.2 Å². The van der Waals surface area contributed by atoms with Crippen LogP contribution < -0.4 is 16.2 Å². The van der Waals surface area contributed by atoms with Gasteiger partial charge in [-0.15, -0.1) is 0 Å². The van der Waals surface area contributed by atoms with Crippen LogP contribution in [-0.2, 0) is 4.84 Å². The molecule has 156 valence electrons. The molecule has 0 amide bonds. The Morgan fingerprint density at radius 3 is 2.77 bits per heavy atom. The lowest BCUT2D eigenvalue weighted by atomic mass is 9.87. The molecule has 30 heavy (non-hydrogen) atoms. The van der Waals surface area contributed by atoms with E-state index in [4.69, 9.17) is 4.84 Å². The van der Waals surface area contributed by atoms with E-state index in [0.717, 1.165) is 37.0 Å². The second kappa shape index (κ2) is 8.67. The molecule has 0 saturated carbocycles. The fourth-order valence-corrected chi connectivity index (χ4v) is 4.15. The number of hydrogen-bond acceptors (Lipinski definition) is 6. The van der Waals surface area contributed by atoms with Gasteiger partial charge in [0.25, 0.3) is 5.56 Å². The van der Waals surface area contributed by atoms with Crippen LogP contribution in [0.5, 0.6) is 0 Å². The molecule has 0 spiro atoms. The Morgan fingerprint density at radius 1 is 1.23 bits per heavy atom. The smallest absolute Gasteiger partial charge is 0.259 e. The number of aryl methyl sites for hydroxylation is 1. The van der Waals surface area contributed by atoms with Crippen molar-refractivity contribution < 1.29 is 4.84 Å². The molecule has 3 heterocycles. The number of piperidine rings is 1. The maximum absolute atomic E-state index is 12.5. The normalized spacial score (nSPS) is 15.4. The van der Waals surface area contributed by atoms with Gasteiger partial charge >= 0.3 is 0 Å². The van der Waals surface area contributed by atoms with E-state index >= 15 is 0 Å². The van der Waals surface area contributed by atoms with E-state index < -0.39 is 0 Å². The molecule has 0 aliphatic carbocycles. The van der Waals surface area contributed by atoms with E-state index in [1.807, 2.05) is 19.1 Å². The minimum Gasteiger partial charge on any atom is -0.399 e. The van der Waals surface area contributed by atoms with Crippen molar-refractivity contribution in [3.05, 3.63) is 63.7 Å². The van der Waals surface area contributed by atoms with Crippen molar-refractivity contribution in [3.8, 4) is 0 Å². The van der Waals surface area contributed by atoms with E-state index in [1.54, 1.807) is 6.20 Å². The van der Waals surface area contributed by atoms with Crippen LogP contribution in [0.3, 0.4) is 0 Å². The third-order valence-electron chi connectivity index (χ3n) is 5.66. The number of nitrogens with one attached hydrogen (secondary N) is 3. The van der Waals surface area contributed by atoms with Crippen LogP contribution in [0.4, 0.5) is 11.5 Å². The fraction of sp³-hybridized carbons (Fsp3) is 0.348. The number of benzene rings is 1. The van der Waals surface area contributed by atoms with Gasteiger partial charge in [0.05, 0.1) is 11.1 Å². The first-order valence-corrected chi connectivity index (χ1v) is 10.3. The summed E-state index contributed by atoms with van der Waals surface area (Å²) in [4.78, 5) is 24.8. The van der Waals surface area contributed by atoms with Crippen LogP contribution in [0.2, 0.25) is 0 Å². The summed E-state index contributed by atoms with van der Waals surface area (Å²) in [6.07, 6.45) is 3.96. The van der Waals surface area contributed by atoms with E-state index in [2.05, 4.69) is 50.9 Å². The summed E-state index contributed by atoms with van der Waals surface area (Å²) in [5.74, 6) is 1.10. The predicted octanol–water partition coefficient (Wildman–Crippen LogP) is 3.81. The van der Waals surface area contributed by atoms with Crippen LogP contribution >= 0.6 is 0 Å². The number of anilines is 2. The van der Waals surface area contributed by atoms with Crippen molar-refractivity contribution in [1.29, 1.82) is 0 Å². The predicted molar refractivity (Wildman–Crippen MR) is 121 cm³/mol. The Labute approximate surface area is 175 Å². The first-order valence-electron chi connectivity index (χ1n) is 10.3. The molecule has 4 rings (SSSR count). The van der Waals surface area contributed by atoms with Gasteiger partial charge in [-0.3, -0.25) is 4.79 Å². The number of aromatic nitrogens is 2. The van der Waals surface area contributed by atoms with Crippen molar-refractivity contribution in [2.75, 3.05) is 25.5 Å². The average molecular weight is 406 g/mol. The zero-order valence-electron chi connectivity index (χ0n) is 17.6. The second-order valence-electron chi connectivity index (χ2n) is 7.71. The first kappa shape index (κ1) is 20.1. The molecule has 7 heteroatoms. The highest BCUT2D eigenvalue weighted by molar-refractivity contribution is 6.02. The van der Waals surface area contributed by atoms with Gasteiger partial charge < -0.3 is 20.5 Å². The number of fused-ring (bicyclic) bond motifs is 1. The van der Waals surface area contributed by atoms with E-state index in [1.165, 1.54) is 18.2 Å². The molecule has 3 N–H and O–H groups in total. The molecule has 0 atom stereocenters. The average Bonchev–Trinajstić information content (AvgIpc) is 2.74. The highest BCUT2D eigenvalue weighted by Crippen LogP contribution is 2.31. The topological polar surface area (TPSA) is 91.4 Å². The number of nitrogens with zero attached hydrogens (tertiary/aromatic N) is 2. The number of pyridine rings is 2. The molecular formula is C23H27N5O2. The molecule has 1 aromatic carbocycles. The molecular weight excluding hydrogens is 378 g/mol. The Hall–Kier alpha value is -3.19. The molecule has 7 nitrogen and oxygen atoms in total. The molecule has 3 aromatic rings. The minimum atomic E-state index is -0.182. The maximum atomic E-state index is 12.5. The molecule has 1 saturated heterocycles. The maximum Gasteiger partial charge on any atom is 0.259 e. The van der Waals surface area contributed by atoms with E-state index in [-0.39, 0.29) is 5.56 Å². The molecule has 0 unspecified atom stereocenters. The summed E-state index contributed by atoms with van der Waals surface area (Å²) >= 11 is 0. The molecule has 0 bridgehead atoms. The van der Waals surface area contributed by atoms with Gasteiger partial charge in [-0.25, -0.2) is 4.98 Å². The van der Waals surface area contributed by atoms with Gasteiger partial charge in [0.2, 0.25) is 0 Å². The van der Waals surface area contributed by atoms with Crippen LogP contribution in [0.15, 0.2) is 46.5 Å². The second-order valence-corrected chi connectivity index (χ2v) is 7.71. The minimum absolute atomic E-state index is 0.182. The van der Waals surface area contributed by atoms with Crippen molar-refractivity contribution in [3.63, 3.8) is 0 Å². The van der Waals surface area contributed by atoms with Crippen LogP contribution in [0, 0.1) is 6.92 Å². The zero-order valence-corrected chi connectivity index (χ0v) is 17.6. The van der Waals surface area contributed by atoms with Gasteiger partial charge in [-0.2, -0.15) is 0 Å². The standard InChI is InChI=1S/C23H27N5O2/c1-14-12-18(4-5-19(14)16-6-9-24-10-7-16)26-22-21-17(8-11-25-23(21)29)13-20(27-22)15(2)28-30-3/h4-5,8,11-13,16,24H,6-7,9-10H2,1-3H3,(H,25,29)(H,26,27)/b28-15+. The molecule has 2 aromatic heterocycles. The van der Waals surface area contributed by atoms with Crippen LogP contribution in [-0.4, -0.2) is 35.9 Å². The molecule has 1 fully saturated rings. The summed E-state index contributed by atoms with van der Waals surface area (Å²) in [6.45, 7) is 6.11. The van der Waals surface area contributed by atoms with E-state index in [0.29, 0.717) is 28.5 Å². The van der Waals surface area contributed by atoms with Crippen molar-refractivity contribution in [1.82, 2.24) is 15.3 Å². The van der Waals surface area contributed by atoms with E-state index in [9.17, 15) is 4.79 Å². The SMILES string of the molecule is CO/N=C(\C)c1cc2cc[nH]c(=O)c2c(Nc2ccc(C3CCNCC3)c(C)c2)n1. The Morgan fingerprint density at radius 2 is 2.03 bits per heavy atom. The van der Waals surface area contributed by atoms with Gasteiger partial charge in [0.15, 0.2) is 0 Å². The quantitative estimate of drug-likeness (QED) is 0.443. The van der Waals surface area contributed by atoms with Crippen molar-refractivity contribution >= 4 is 28.0 Å². The largest absolute Gasteiger partial charge is 0.399 e. The van der Waals surface area contributed by atoms with Crippen LogP contribution in [0.25, 0.3) is 10.8 Å². The monoisotopic (exact) mass is 405 g/mol. The summed E-state index contributed by atoms with van der Waals surface area (Å²) in [5, 5.41) is 12.1. The van der Waals surface area contributed by atoms with Gasteiger partial charge in [-0.05, 0) is 86.5 Å². The first-order chi connectivity index (χ1) is 14.6. The van der Waals surface area contributed by atoms with Crippen LogP contribution in [0.1, 0.15) is 42.5 Å². The number of H-pyrrole nitrogens is 1. The third-order valence-corrected chi connectivity index (χ3v) is 5.66. The molecule has 1 aliphatic heterocycles. The number of aromatic amines is 1. The molecule has 1 aliphatic rings. The Balaban J connectivity index is 1.73. The van der Waals surface area contributed by atoms with Crippen molar-refractivity contribution in [2.24, 2.45) is 5.16 Å². The summed E-state index contributed by atoms with van der Waals surface area (Å²) in [7, 11) is 1.50. The lowest BCUT2D eigenvalue weighted by Gasteiger charge is -2.25. The molecule has 0 radical (unpaired) electrons. The number of rotatable bonds is 5. The van der Waals surface area contributed by atoms with Gasteiger partial charge in [0, 0.05) is 11.9 Å². The lowest BCUT2D eigenvalue weighted by molar-refractivity contribution is 0.213. The zero-order chi connectivity index (χ0) is 21.1. The summed E-state index contributed by atoms with van der Waals surface area (Å²) in [5.41, 5.74) is 4.66.